The molecule has 3 rings (SSSR count). The van der Waals surface area contributed by atoms with Crippen molar-refractivity contribution >= 4 is 23.6 Å². The fourth-order valence-corrected chi connectivity index (χ4v) is 4.74. The summed E-state index contributed by atoms with van der Waals surface area (Å²) in [5.41, 5.74) is 4.05. The zero-order valence-corrected chi connectivity index (χ0v) is 22.1. The molecular weight excluding hydrogens is 471 g/mol. The van der Waals surface area contributed by atoms with Gasteiger partial charge in [0.2, 0.25) is 11.8 Å². The minimum absolute atomic E-state index is 0.0917. The van der Waals surface area contributed by atoms with Gasteiger partial charge < -0.3 is 10.2 Å². The molecular formula is C30H35FN2O2S. The molecule has 0 spiro atoms. The highest BCUT2D eigenvalue weighted by Crippen LogP contribution is 2.20. The Bertz CT molecular complexity index is 1120. The van der Waals surface area contributed by atoms with Crippen LogP contribution in [0.25, 0.3) is 0 Å². The lowest BCUT2D eigenvalue weighted by Gasteiger charge is -2.32. The molecule has 0 bridgehead atoms. The molecule has 1 N–H and O–H groups in total. The second-order valence-electron chi connectivity index (χ2n) is 9.41. The summed E-state index contributed by atoms with van der Waals surface area (Å²) in [5, 5.41) is 3.05. The van der Waals surface area contributed by atoms with Gasteiger partial charge in [0.15, 0.2) is 0 Å². The first-order valence-corrected chi connectivity index (χ1v) is 13.5. The standard InChI is InChI=1S/C30H35FN2O2S/c1-22(2)18-32-30(35)28(17-24-10-5-4-6-11-24)33(19-26-12-8-7-9-23(26)3)29(34)21-36-20-25-13-15-27(31)16-14-25/h4-16,22,28H,17-21H2,1-3H3,(H,32,35)/t28-/m0/s1. The fourth-order valence-electron chi connectivity index (χ4n) is 3.87. The molecule has 190 valence electrons. The van der Waals surface area contributed by atoms with Crippen molar-refractivity contribution in [1.82, 2.24) is 10.2 Å². The molecule has 0 radical (unpaired) electrons. The van der Waals surface area contributed by atoms with Crippen LogP contribution >= 0.6 is 11.8 Å². The summed E-state index contributed by atoms with van der Waals surface area (Å²) in [7, 11) is 0. The van der Waals surface area contributed by atoms with Crippen LogP contribution in [0.5, 0.6) is 0 Å². The number of carbonyl (C=O) groups is 2. The third-order valence-electron chi connectivity index (χ3n) is 5.97. The smallest absolute Gasteiger partial charge is 0.243 e. The Labute approximate surface area is 218 Å². The molecule has 6 heteroatoms. The lowest BCUT2D eigenvalue weighted by Crippen LogP contribution is -2.51. The van der Waals surface area contributed by atoms with E-state index in [0.29, 0.717) is 31.2 Å². The molecule has 0 unspecified atom stereocenters. The van der Waals surface area contributed by atoms with E-state index in [1.165, 1.54) is 23.9 Å². The van der Waals surface area contributed by atoms with Crippen LogP contribution in [0.1, 0.15) is 36.1 Å². The molecule has 0 saturated heterocycles. The molecule has 2 amide bonds. The molecule has 3 aromatic carbocycles. The lowest BCUT2D eigenvalue weighted by atomic mass is 10.0. The van der Waals surface area contributed by atoms with Gasteiger partial charge in [-0.2, -0.15) is 0 Å². The number of benzene rings is 3. The Morgan fingerprint density at radius 2 is 1.58 bits per heavy atom. The molecule has 0 aliphatic heterocycles. The first kappa shape index (κ1) is 27.5. The highest BCUT2D eigenvalue weighted by atomic mass is 32.2. The number of hydrogen-bond acceptors (Lipinski definition) is 3. The topological polar surface area (TPSA) is 49.4 Å². The number of rotatable bonds is 12. The van der Waals surface area contributed by atoms with Crippen LogP contribution in [0.4, 0.5) is 4.39 Å². The van der Waals surface area contributed by atoms with Gasteiger partial charge in [-0.1, -0.05) is 80.6 Å². The molecule has 4 nitrogen and oxygen atoms in total. The van der Waals surface area contributed by atoms with E-state index in [1.807, 2.05) is 61.5 Å². The number of aryl methyl sites for hydroxylation is 1. The summed E-state index contributed by atoms with van der Waals surface area (Å²) in [5.74, 6) is 0.613. The van der Waals surface area contributed by atoms with Gasteiger partial charge in [-0.3, -0.25) is 9.59 Å². The molecule has 0 aromatic heterocycles. The molecule has 0 aliphatic carbocycles. The van der Waals surface area contributed by atoms with E-state index in [2.05, 4.69) is 19.2 Å². The Balaban J connectivity index is 1.84. The Hall–Kier alpha value is -3.12. The summed E-state index contributed by atoms with van der Waals surface area (Å²) in [4.78, 5) is 28.8. The van der Waals surface area contributed by atoms with E-state index < -0.39 is 6.04 Å². The SMILES string of the molecule is Cc1ccccc1CN(C(=O)CSCc1ccc(F)cc1)[C@@H](Cc1ccccc1)C(=O)NCC(C)C. The number of nitrogens with one attached hydrogen (secondary N) is 1. The van der Waals surface area contributed by atoms with Crippen molar-refractivity contribution in [2.45, 2.75) is 45.5 Å². The minimum atomic E-state index is -0.635. The first-order chi connectivity index (χ1) is 17.3. The van der Waals surface area contributed by atoms with Crippen molar-refractivity contribution in [3.63, 3.8) is 0 Å². The van der Waals surface area contributed by atoms with Gasteiger partial charge >= 0.3 is 0 Å². The van der Waals surface area contributed by atoms with Crippen molar-refractivity contribution in [2.75, 3.05) is 12.3 Å². The maximum atomic E-state index is 13.6. The van der Waals surface area contributed by atoms with Crippen molar-refractivity contribution in [2.24, 2.45) is 5.92 Å². The summed E-state index contributed by atoms with van der Waals surface area (Å²) in [6.45, 7) is 7.03. The Morgan fingerprint density at radius 3 is 2.25 bits per heavy atom. The Morgan fingerprint density at radius 1 is 0.917 bits per heavy atom. The van der Waals surface area contributed by atoms with Gasteiger partial charge in [-0.05, 0) is 47.2 Å². The van der Waals surface area contributed by atoms with Crippen LogP contribution in [0.3, 0.4) is 0 Å². The van der Waals surface area contributed by atoms with Gasteiger partial charge in [0.1, 0.15) is 11.9 Å². The van der Waals surface area contributed by atoms with E-state index in [1.54, 1.807) is 17.0 Å². The van der Waals surface area contributed by atoms with Gasteiger partial charge in [0.05, 0.1) is 5.75 Å². The third-order valence-corrected chi connectivity index (χ3v) is 6.95. The van der Waals surface area contributed by atoms with Crippen LogP contribution in [-0.2, 0) is 28.3 Å². The van der Waals surface area contributed by atoms with Gasteiger partial charge in [-0.15, -0.1) is 11.8 Å². The van der Waals surface area contributed by atoms with Crippen molar-refractivity contribution in [3.05, 3.63) is 107 Å². The Kier molecular flexibility index (Phi) is 10.6. The summed E-state index contributed by atoms with van der Waals surface area (Å²) < 4.78 is 13.2. The number of amides is 2. The van der Waals surface area contributed by atoms with Gasteiger partial charge in [-0.25, -0.2) is 4.39 Å². The highest BCUT2D eigenvalue weighted by Gasteiger charge is 2.30. The third kappa shape index (κ3) is 8.52. The van der Waals surface area contributed by atoms with E-state index in [9.17, 15) is 14.0 Å². The molecule has 0 saturated carbocycles. The zero-order valence-electron chi connectivity index (χ0n) is 21.2. The zero-order chi connectivity index (χ0) is 25.9. The maximum Gasteiger partial charge on any atom is 0.243 e. The molecule has 0 aliphatic rings. The van der Waals surface area contributed by atoms with Crippen LogP contribution in [0.15, 0.2) is 78.9 Å². The maximum absolute atomic E-state index is 13.6. The van der Waals surface area contributed by atoms with Crippen molar-refractivity contribution in [3.8, 4) is 0 Å². The largest absolute Gasteiger partial charge is 0.354 e. The van der Waals surface area contributed by atoms with E-state index >= 15 is 0 Å². The monoisotopic (exact) mass is 506 g/mol. The number of carbonyl (C=O) groups excluding carboxylic acids is 2. The van der Waals surface area contributed by atoms with Crippen molar-refractivity contribution < 1.29 is 14.0 Å². The minimum Gasteiger partial charge on any atom is -0.354 e. The molecule has 0 heterocycles. The van der Waals surface area contributed by atoms with E-state index in [4.69, 9.17) is 0 Å². The fraction of sp³-hybridized carbons (Fsp3) is 0.333. The second-order valence-corrected chi connectivity index (χ2v) is 10.4. The summed E-state index contributed by atoms with van der Waals surface area (Å²) in [6.07, 6.45) is 0.436. The summed E-state index contributed by atoms with van der Waals surface area (Å²) >= 11 is 1.47. The number of nitrogens with zero attached hydrogens (tertiary/aromatic N) is 1. The van der Waals surface area contributed by atoms with Gasteiger partial charge in [0, 0.05) is 25.3 Å². The van der Waals surface area contributed by atoms with Crippen LogP contribution in [0, 0.1) is 18.7 Å². The number of thioether (sulfide) groups is 1. The van der Waals surface area contributed by atoms with Crippen LogP contribution in [-0.4, -0.2) is 35.1 Å². The number of hydrogen-bond donors (Lipinski definition) is 1. The first-order valence-electron chi connectivity index (χ1n) is 12.3. The van der Waals surface area contributed by atoms with E-state index in [-0.39, 0.29) is 23.4 Å². The van der Waals surface area contributed by atoms with E-state index in [0.717, 1.165) is 22.3 Å². The predicted octanol–water partition coefficient (Wildman–Crippen LogP) is 5.78. The normalized spacial score (nSPS) is 11.8. The molecule has 0 fully saturated rings. The van der Waals surface area contributed by atoms with Crippen molar-refractivity contribution in [1.29, 1.82) is 0 Å². The second kappa shape index (κ2) is 13.8. The molecule has 3 aromatic rings. The quantitative estimate of drug-likeness (QED) is 0.339. The highest BCUT2D eigenvalue weighted by molar-refractivity contribution is 7.99. The lowest BCUT2D eigenvalue weighted by molar-refractivity contribution is -0.139. The summed E-state index contributed by atoms with van der Waals surface area (Å²) in [6, 6.07) is 23.5. The average Bonchev–Trinajstić information content (AvgIpc) is 2.87. The average molecular weight is 507 g/mol. The number of halogens is 1. The van der Waals surface area contributed by atoms with Crippen LogP contribution < -0.4 is 5.32 Å². The van der Waals surface area contributed by atoms with Crippen LogP contribution in [0.2, 0.25) is 0 Å². The molecule has 1 atom stereocenters. The van der Waals surface area contributed by atoms with Gasteiger partial charge in [0.25, 0.3) is 0 Å². The molecule has 36 heavy (non-hydrogen) atoms. The predicted molar refractivity (Wildman–Crippen MR) is 146 cm³/mol.